The molecule has 3 rings (SSSR count). The number of carbonyl (C=O) groups is 1. The van der Waals surface area contributed by atoms with Crippen LogP contribution in [0.25, 0.3) is 5.69 Å². The van der Waals surface area contributed by atoms with E-state index < -0.39 is 0 Å². The van der Waals surface area contributed by atoms with Gasteiger partial charge in [-0.1, -0.05) is 12.1 Å². The minimum absolute atomic E-state index is 0.109. The van der Waals surface area contributed by atoms with Crippen LogP contribution in [0.2, 0.25) is 0 Å². The lowest BCUT2D eigenvalue weighted by Gasteiger charge is -2.17. The quantitative estimate of drug-likeness (QED) is 0.717. The SMILES string of the molecule is Cc1nc(C)c(CC(=O)N(C)Cc2ccc(-n3cccn3)cc2)s1. The first-order chi connectivity index (χ1) is 11.5. The molecule has 0 fully saturated rings. The first kappa shape index (κ1) is 16.4. The van der Waals surface area contributed by atoms with Crippen LogP contribution < -0.4 is 0 Å². The molecule has 0 unspecified atom stereocenters. The smallest absolute Gasteiger partial charge is 0.227 e. The second-order valence-electron chi connectivity index (χ2n) is 5.79. The molecule has 0 atom stereocenters. The molecule has 0 spiro atoms. The maximum absolute atomic E-state index is 12.4. The predicted octanol–water partition coefficient (Wildman–Crippen LogP) is 3.15. The Bertz CT molecular complexity index is 821. The third-order valence-corrected chi connectivity index (χ3v) is 4.94. The lowest BCUT2D eigenvalue weighted by atomic mass is 10.2. The maximum atomic E-state index is 12.4. The highest BCUT2D eigenvalue weighted by Crippen LogP contribution is 2.19. The Balaban J connectivity index is 1.62. The average molecular weight is 340 g/mol. The second-order valence-corrected chi connectivity index (χ2v) is 7.07. The monoisotopic (exact) mass is 340 g/mol. The molecule has 0 saturated heterocycles. The minimum Gasteiger partial charge on any atom is -0.341 e. The summed E-state index contributed by atoms with van der Waals surface area (Å²) in [5.41, 5.74) is 3.07. The van der Waals surface area contributed by atoms with Crippen molar-refractivity contribution in [2.45, 2.75) is 26.8 Å². The van der Waals surface area contributed by atoms with E-state index in [1.807, 2.05) is 62.1 Å². The molecule has 124 valence electrons. The lowest BCUT2D eigenvalue weighted by molar-refractivity contribution is -0.129. The largest absolute Gasteiger partial charge is 0.341 e. The van der Waals surface area contributed by atoms with Gasteiger partial charge in [0.25, 0.3) is 0 Å². The molecule has 24 heavy (non-hydrogen) atoms. The molecule has 0 bridgehead atoms. The van der Waals surface area contributed by atoms with Gasteiger partial charge in [0.2, 0.25) is 5.91 Å². The number of rotatable bonds is 5. The van der Waals surface area contributed by atoms with Crippen molar-refractivity contribution in [3.8, 4) is 5.69 Å². The van der Waals surface area contributed by atoms with Gasteiger partial charge in [-0.05, 0) is 37.6 Å². The summed E-state index contributed by atoms with van der Waals surface area (Å²) in [6.45, 7) is 4.52. The molecule has 1 aromatic carbocycles. The van der Waals surface area contributed by atoms with E-state index in [0.717, 1.165) is 26.8 Å². The van der Waals surface area contributed by atoms with Crippen molar-refractivity contribution in [3.63, 3.8) is 0 Å². The Morgan fingerprint density at radius 1 is 1.25 bits per heavy atom. The van der Waals surface area contributed by atoms with Crippen LogP contribution in [0.1, 0.15) is 21.1 Å². The van der Waals surface area contributed by atoms with E-state index in [-0.39, 0.29) is 5.91 Å². The number of hydrogen-bond donors (Lipinski definition) is 0. The van der Waals surface area contributed by atoms with E-state index in [2.05, 4.69) is 10.1 Å². The molecule has 0 N–H and O–H groups in total. The predicted molar refractivity (Wildman–Crippen MR) is 95.3 cm³/mol. The number of thiazole rings is 1. The summed E-state index contributed by atoms with van der Waals surface area (Å²) in [6, 6.07) is 9.98. The zero-order chi connectivity index (χ0) is 17.1. The van der Waals surface area contributed by atoms with E-state index in [1.165, 1.54) is 0 Å². The Labute approximate surface area is 145 Å². The number of benzene rings is 1. The molecule has 2 heterocycles. The summed E-state index contributed by atoms with van der Waals surface area (Å²) in [5, 5.41) is 5.22. The van der Waals surface area contributed by atoms with Crippen molar-refractivity contribution in [1.82, 2.24) is 19.7 Å². The van der Waals surface area contributed by atoms with Crippen molar-refractivity contribution in [1.29, 1.82) is 0 Å². The Kier molecular flexibility index (Phi) is 4.76. The maximum Gasteiger partial charge on any atom is 0.227 e. The topological polar surface area (TPSA) is 51.0 Å². The highest BCUT2D eigenvalue weighted by molar-refractivity contribution is 7.11. The van der Waals surface area contributed by atoms with Crippen LogP contribution in [0.3, 0.4) is 0 Å². The fraction of sp³-hybridized carbons (Fsp3) is 0.278. The molecule has 5 nitrogen and oxygen atoms in total. The number of likely N-dealkylation sites (N-methyl/N-ethyl adjacent to an activating group) is 1. The number of nitrogens with zero attached hydrogens (tertiary/aromatic N) is 4. The van der Waals surface area contributed by atoms with Gasteiger partial charge in [-0.15, -0.1) is 11.3 Å². The van der Waals surface area contributed by atoms with Crippen LogP contribution in [0.15, 0.2) is 42.7 Å². The van der Waals surface area contributed by atoms with Gasteiger partial charge in [-0.3, -0.25) is 4.79 Å². The zero-order valence-electron chi connectivity index (χ0n) is 14.1. The molecule has 1 amide bonds. The third kappa shape index (κ3) is 3.71. The molecule has 3 aromatic rings. The van der Waals surface area contributed by atoms with Crippen LogP contribution in [0, 0.1) is 13.8 Å². The zero-order valence-corrected chi connectivity index (χ0v) is 14.9. The van der Waals surface area contributed by atoms with Crippen LogP contribution >= 0.6 is 11.3 Å². The van der Waals surface area contributed by atoms with Crippen LogP contribution in [-0.4, -0.2) is 32.6 Å². The van der Waals surface area contributed by atoms with E-state index in [4.69, 9.17) is 0 Å². The minimum atomic E-state index is 0.109. The number of hydrogen-bond acceptors (Lipinski definition) is 4. The van der Waals surface area contributed by atoms with E-state index in [1.54, 1.807) is 22.4 Å². The molecule has 0 radical (unpaired) electrons. The molecule has 0 saturated carbocycles. The highest BCUT2D eigenvalue weighted by atomic mass is 32.1. The van der Waals surface area contributed by atoms with Gasteiger partial charge in [0, 0.05) is 30.9 Å². The van der Waals surface area contributed by atoms with Gasteiger partial charge in [0.05, 0.1) is 22.8 Å². The fourth-order valence-electron chi connectivity index (χ4n) is 2.55. The van der Waals surface area contributed by atoms with Crippen molar-refractivity contribution >= 4 is 17.2 Å². The summed E-state index contributed by atoms with van der Waals surface area (Å²) in [6.07, 6.45) is 4.08. The summed E-state index contributed by atoms with van der Waals surface area (Å²) in [7, 11) is 1.84. The first-order valence-electron chi connectivity index (χ1n) is 7.79. The fourth-order valence-corrected chi connectivity index (χ4v) is 3.48. The normalized spacial score (nSPS) is 10.8. The number of amides is 1. The average Bonchev–Trinajstić information content (AvgIpc) is 3.18. The van der Waals surface area contributed by atoms with Gasteiger partial charge in [-0.25, -0.2) is 9.67 Å². The molecule has 0 aliphatic rings. The standard InChI is InChI=1S/C18H20N4OS/c1-13-17(24-14(2)20-13)11-18(23)21(3)12-15-5-7-16(8-6-15)22-10-4-9-19-22/h4-10H,11-12H2,1-3H3. The summed E-state index contributed by atoms with van der Waals surface area (Å²) < 4.78 is 1.81. The number of carbonyl (C=O) groups excluding carboxylic acids is 1. The Morgan fingerprint density at radius 2 is 2.00 bits per heavy atom. The molecule has 0 aliphatic carbocycles. The van der Waals surface area contributed by atoms with Gasteiger partial charge >= 0.3 is 0 Å². The van der Waals surface area contributed by atoms with Crippen LogP contribution in [-0.2, 0) is 17.8 Å². The lowest BCUT2D eigenvalue weighted by Crippen LogP contribution is -2.27. The second kappa shape index (κ2) is 6.97. The van der Waals surface area contributed by atoms with E-state index in [9.17, 15) is 4.79 Å². The Hall–Kier alpha value is -2.47. The van der Waals surface area contributed by atoms with E-state index in [0.29, 0.717) is 13.0 Å². The third-order valence-electron chi connectivity index (χ3n) is 3.86. The number of aryl methyl sites for hydroxylation is 2. The van der Waals surface area contributed by atoms with Gasteiger partial charge in [0.1, 0.15) is 0 Å². The van der Waals surface area contributed by atoms with Crippen LogP contribution in [0.5, 0.6) is 0 Å². The Morgan fingerprint density at radius 3 is 2.58 bits per heavy atom. The molecular weight excluding hydrogens is 320 g/mol. The molecule has 6 heteroatoms. The molecular formula is C18H20N4OS. The van der Waals surface area contributed by atoms with Gasteiger partial charge in [0.15, 0.2) is 0 Å². The van der Waals surface area contributed by atoms with Crippen LogP contribution in [0.4, 0.5) is 0 Å². The van der Waals surface area contributed by atoms with Crippen molar-refractivity contribution in [2.75, 3.05) is 7.05 Å². The van der Waals surface area contributed by atoms with Crippen molar-refractivity contribution < 1.29 is 4.79 Å². The number of aromatic nitrogens is 3. The van der Waals surface area contributed by atoms with Gasteiger partial charge in [-0.2, -0.15) is 5.10 Å². The van der Waals surface area contributed by atoms with E-state index >= 15 is 0 Å². The summed E-state index contributed by atoms with van der Waals surface area (Å²) in [5.74, 6) is 0.109. The van der Waals surface area contributed by atoms with Gasteiger partial charge < -0.3 is 4.90 Å². The van der Waals surface area contributed by atoms with Crippen molar-refractivity contribution in [3.05, 3.63) is 63.9 Å². The molecule has 2 aromatic heterocycles. The molecule has 0 aliphatic heterocycles. The summed E-state index contributed by atoms with van der Waals surface area (Å²) in [4.78, 5) is 19.6. The highest BCUT2D eigenvalue weighted by Gasteiger charge is 2.14. The van der Waals surface area contributed by atoms with Crippen molar-refractivity contribution in [2.24, 2.45) is 0 Å². The first-order valence-corrected chi connectivity index (χ1v) is 8.60. The summed E-state index contributed by atoms with van der Waals surface area (Å²) >= 11 is 1.60.